The molecule has 1 heterocycles. The van der Waals surface area contributed by atoms with E-state index in [4.69, 9.17) is 5.11 Å². The molecule has 0 amide bonds. The zero-order chi connectivity index (χ0) is 13.1. The van der Waals surface area contributed by atoms with Gasteiger partial charge in [-0.15, -0.1) is 0 Å². The summed E-state index contributed by atoms with van der Waals surface area (Å²) >= 11 is 0. The molecule has 100 valence electrons. The van der Waals surface area contributed by atoms with Crippen LogP contribution < -0.4 is 0 Å². The first-order chi connectivity index (χ1) is 8.59. The van der Waals surface area contributed by atoms with E-state index in [1.54, 1.807) is 0 Å². The quantitative estimate of drug-likeness (QED) is 0.894. The first-order valence-corrected chi connectivity index (χ1v) is 6.83. The summed E-state index contributed by atoms with van der Waals surface area (Å²) in [6, 6.07) is 0. The van der Waals surface area contributed by atoms with Crippen molar-refractivity contribution in [1.29, 1.82) is 0 Å². The largest absolute Gasteiger partial charge is 0.481 e. The van der Waals surface area contributed by atoms with Gasteiger partial charge in [-0.25, -0.2) is 0 Å². The van der Waals surface area contributed by atoms with Crippen molar-refractivity contribution in [2.75, 3.05) is 0 Å². The van der Waals surface area contributed by atoms with Gasteiger partial charge in [0.05, 0.1) is 12.1 Å². The lowest BCUT2D eigenvalue weighted by Crippen LogP contribution is -2.08. The summed E-state index contributed by atoms with van der Waals surface area (Å²) in [4.78, 5) is 10.7. The molecule has 0 aromatic carbocycles. The van der Waals surface area contributed by atoms with Crippen LogP contribution >= 0.6 is 0 Å². The van der Waals surface area contributed by atoms with Gasteiger partial charge in [-0.1, -0.05) is 19.3 Å². The average molecular weight is 250 g/mol. The van der Waals surface area contributed by atoms with E-state index in [9.17, 15) is 4.79 Å². The minimum Gasteiger partial charge on any atom is -0.481 e. The topological polar surface area (TPSA) is 55.1 Å². The second-order valence-electron chi connectivity index (χ2n) is 5.30. The van der Waals surface area contributed by atoms with Crippen molar-refractivity contribution in [1.82, 2.24) is 9.78 Å². The van der Waals surface area contributed by atoms with Crippen molar-refractivity contribution in [3.8, 4) is 0 Å². The van der Waals surface area contributed by atoms with Crippen LogP contribution in [-0.4, -0.2) is 20.9 Å². The van der Waals surface area contributed by atoms with E-state index in [0.717, 1.165) is 5.69 Å². The molecular formula is C14H22N2O2. The van der Waals surface area contributed by atoms with Crippen molar-refractivity contribution >= 4 is 5.97 Å². The van der Waals surface area contributed by atoms with E-state index in [-0.39, 0.29) is 6.42 Å². The normalized spacial score (nSPS) is 17.0. The standard InChI is InChI=1S/C14H22N2O2/c1-10-14(11-6-4-3-5-7-11)12(15-16(10)2)8-9-13(17)18/h11H,3-9H2,1-2H3,(H,17,18). The monoisotopic (exact) mass is 250 g/mol. The van der Waals surface area contributed by atoms with Crippen molar-refractivity contribution < 1.29 is 9.90 Å². The number of carboxylic acid groups (broad SMARTS) is 1. The number of nitrogens with zero attached hydrogens (tertiary/aromatic N) is 2. The Morgan fingerprint density at radius 3 is 2.67 bits per heavy atom. The molecule has 18 heavy (non-hydrogen) atoms. The Bertz CT molecular complexity index is 431. The van der Waals surface area contributed by atoms with Crippen molar-refractivity contribution in [2.24, 2.45) is 7.05 Å². The molecule has 2 rings (SSSR count). The molecule has 1 fully saturated rings. The summed E-state index contributed by atoms with van der Waals surface area (Å²) < 4.78 is 1.90. The van der Waals surface area contributed by atoms with Gasteiger partial charge in [0.2, 0.25) is 0 Å². The van der Waals surface area contributed by atoms with Crippen molar-refractivity contribution in [3.05, 3.63) is 17.0 Å². The Morgan fingerprint density at radius 1 is 1.39 bits per heavy atom. The second kappa shape index (κ2) is 5.55. The molecule has 1 saturated carbocycles. The number of carbonyl (C=O) groups is 1. The van der Waals surface area contributed by atoms with Crippen LogP contribution in [0, 0.1) is 6.92 Å². The number of aryl methyl sites for hydroxylation is 2. The van der Waals surface area contributed by atoms with Gasteiger partial charge in [-0.2, -0.15) is 5.10 Å². The summed E-state index contributed by atoms with van der Waals surface area (Å²) in [5.74, 6) is -0.149. The molecular weight excluding hydrogens is 228 g/mol. The molecule has 0 radical (unpaired) electrons. The lowest BCUT2D eigenvalue weighted by Gasteiger charge is -2.22. The van der Waals surface area contributed by atoms with Gasteiger partial charge in [0.1, 0.15) is 0 Å². The first kappa shape index (κ1) is 13.1. The minimum absolute atomic E-state index is 0.177. The third-order valence-corrected chi connectivity index (χ3v) is 4.05. The zero-order valence-corrected chi connectivity index (χ0v) is 11.3. The maximum atomic E-state index is 10.7. The Kier molecular flexibility index (Phi) is 4.04. The van der Waals surface area contributed by atoms with Gasteiger partial charge in [-0.3, -0.25) is 9.48 Å². The molecule has 4 heteroatoms. The predicted octanol–water partition coefficient (Wildman–Crippen LogP) is 2.79. The maximum absolute atomic E-state index is 10.7. The van der Waals surface area contributed by atoms with Crippen molar-refractivity contribution in [3.63, 3.8) is 0 Å². The number of rotatable bonds is 4. The smallest absolute Gasteiger partial charge is 0.303 e. The second-order valence-corrected chi connectivity index (χ2v) is 5.30. The molecule has 0 bridgehead atoms. The molecule has 1 aliphatic rings. The van der Waals surface area contributed by atoms with Crippen LogP contribution in [0.2, 0.25) is 0 Å². The summed E-state index contributed by atoms with van der Waals surface area (Å²) in [5.41, 5.74) is 3.55. The minimum atomic E-state index is -0.743. The van der Waals surface area contributed by atoms with Crippen LogP contribution in [0.15, 0.2) is 0 Å². The summed E-state index contributed by atoms with van der Waals surface area (Å²) in [5, 5.41) is 13.3. The van der Waals surface area contributed by atoms with Crippen LogP contribution in [-0.2, 0) is 18.3 Å². The fraction of sp³-hybridized carbons (Fsp3) is 0.714. The molecule has 1 aromatic heterocycles. The molecule has 0 unspecified atom stereocenters. The highest BCUT2D eigenvalue weighted by Crippen LogP contribution is 2.36. The molecule has 4 nitrogen and oxygen atoms in total. The fourth-order valence-electron chi connectivity index (χ4n) is 3.03. The SMILES string of the molecule is Cc1c(C2CCCCC2)c(CCC(=O)O)nn1C. The fourth-order valence-corrected chi connectivity index (χ4v) is 3.03. The molecule has 0 spiro atoms. The van der Waals surface area contributed by atoms with E-state index in [1.807, 2.05) is 11.7 Å². The maximum Gasteiger partial charge on any atom is 0.303 e. The third kappa shape index (κ3) is 2.74. The molecule has 0 atom stereocenters. The average Bonchev–Trinajstić information content (AvgIpc) is 2.64. The number of aliphatic carboxylic acids is 1. The zero-order valence-electron chi connectivity index (χ0n) is 11.3. The summed E-state index contributed by atoms with van der Waals surface area (Å²) in [6.07, 6.45) is 7.10. The number of aromatic nitrogens is 2. The Morgan fingerprint density at radius 2 is 2.06 bits per heavy atom. The summed E-state index contributed by atoms with van der Waals surface area (Å²) in [6.45, 7) is 2.10. The van der Waals surface area contributed by atoms with Gasteiger partial charge in [-0.05, 0) is 31.2 Å². The van der Waals surface area contributed by atoms with E-state index in [2.05, 4.69) is 12.0 Å². The molecule has 1 aliphatic carbocycles. The van der Waals surface area contributed by atoms with E-state index in [1.165, 1.54) is 43.4 Å². The van der Waals surface area contributed by atoms with Crippen LogP contribution in [0.25, 0.3) is 0 Å². The highest BCUT2D eigenvalue weighted by molar-refractivity contribution is 5.67. The Balaban J connectivity index is 2.22. The highest BCUT2D eigenvalue weighted by Gasteiger charge is 2.23. The lowest BCUT2D eigenvalue weighted by molar-refractivity contribution is -0.136. The molecule has 1 aromatic rings. The Labute approximate surface area is 108 Å². The van der Waals surface area contributed by atoms with Gasteiger partial charge >= 0.3 is 5.97 Å². The van der Waals surface area contributed by atoms with E-state index in [0.29, 0.717) is 12.3 Å². The Hall–Kier alpha value is -1.32. The number of hydrogen-bond donors (Lipinski definition) is 1. The highest BCUT2D eigenvalue weighted by atomic mass is 16.4. The molecule has 1 N–H and O–H groups in total. The predicted molar refractivity (Wildman–Crippen MR) is 69.7 cm³/mol. The van der Waals surface area contributed by atoms with Gasteiger partial charge in [0.15, 0.2) is 0 Å². The van der Waals surface area contributed by atoms with Gasteiger partial charge < -0.3 is 5.11 Å². The van der Waals surface area contributed by atoms with Crippen molar-refractivity contribution in [2.45, 2.75) is 57.8 Å². The van der Waals surface area contributed by atoms with E-state index < -0.39 is 5.97 Å². The van der Waals surface area contributed by atoms with Gasteiger partial charge in [0, 0.05) is 19.2 Å². The molecule has 0 aliphatic heterocycles. The summed E-state index contributed by atoms with van der Waals surface area (Å²) in [7, 11) is 1.95. The first-order valence-electron chi connectivity index (χ1n) is 6.83. The van der Waals surface area contributed by atoms with Crippen LogP contribution in [0.3, 0.4) is 0 Å². The van der Waals surface area contributed by atoms with Gasteiger partial charge in [0.25, 0.3) is 0 Å². The van der Waals surface area contributed by atoms with E-state index >= 15 is 0 Å². The lowest BCUT2D eigenvalue weighted by atomic mass is 9.82. The van der Waals surface area contributed by atoms with Crippen LogP contribution in [0.5, 0.6) is 0 Å². The number of carboxylic acids is 1. The van der Waals surface area contributed by atoms with Crippen LogP contribution in [0.1, 0.15) is 61.4 Å². The molecule has 0 saturated heterocycles. The third-order valence-electron chi connectivity index (χ3n) is 4.05. The number of hydrogen-bond acceptors (Lipinski definition) is 2. The van der Waals surface area contributed by atoms with Crippen LogP contribution in [0.4, 0.5) is 0 Å².